The van der Waals surface area contributed by atoms with Crippen LogP contribution in [0.25, 0.3) is 0 Å². The van der Waals surface area contributed by atoms with E-state index < -0.39 is 0 Å². The van der Waals surface area contributed by atoms with Crippen LogP contribution in [0, 0.1) is 5.41 Å². The molecule has 0 spiro atoms. The highest BCUT2D eigenvalue weighted by atomic mass is 35.5. The molecule has 0 saturated carbocycles. The zero-order valence-electron chi connectivity index (χ0n) is 11.0. The average Bonchev–Trinajstić information content (AvgIpc) is 2.44. The Morgan fingerprint density at radius 2 is 2.10 bits per heavy atom. The fraction of sp³-hybridized carbons (Fsp3) is 0.133. The number of rotatable bonds is 5. The van der Waals surface area contributed by atoms with Crippen molar-refractivity contribution < 1.29 is 4.74 Å². The van der Waals surface area contributed by atoms with Crippen LogP contribution in [0.4, 0.5) is 0 Å². The normalized spacial score (nSPS) is 10.3. The maximum absolute atomic E-state index is 7.50. The molecule has 20 heavy (non-hydrogen) atoms. The molecule has 2 rings (SSSR count). The van der Waals surface area contributed by atoms with Gasteiger partial charge in [-0.3, -0.25) is 5.41 Å². The molecule has 3 nitrogen and oxygen atoms in total. The number of hydrogen-bond donors (Lipinski definition) is 2. The monoisotopic (exact) mass is 306 g/mol. The summed E-state index contributed by atoms with van der Waals surface area (Å²) in [6.45, 7) is 0. The number of thioether (sulfide) groups is 1. The fourth-order valence-corrected chi connectivity index (χ4v) is 2.96. The summed E-state index contributed by atoms with van der Waals surface area (Å²) in [5.41, 5.74) is 7.23. The lowest BCUT2D eigenvalue weighted by atomic mass is 10.1. The molecular weight excluding hydrogens is 292 g/mol. The first kappa shape index (κ1) is 14.8. The van der Waals surface area contributed by atoms with Gasteiger partial charge in [-0.05, 0) is 36.4 Å². The SMILES string of the molecule is COc1ccc(C(=N)N)cc1CSc1cccc(Cl)c1. The van der Waals surface area contributed by atoms with Crippen LogP contribution in [0.2, 0.25) is 5.02 Å². The van der Waals surface area contributed by atoms with Gasteiger partial charge in [0, 0.05) is 26.8 Å². The summed E-state index contributed by atoms with van der Waals surface area (Å²) in [5.74, 6) is 1.58. The second kappa shape index (κ2) is 6.68. The van der Waals surface area contributed by atoms with Crippen molar-refractivity contribution in [2.75, 3.05) is 7.11 Å². The third kappa shape index (κ3) is 3.68. The van der Waals surface area contributed by atoms with Crippen LogP contribution in [-0.4, -0.2) is 12.9 Å². The van der Waals surface area contributed by atoms with Crippen LogP contribution in [0.5, 0.6) is 5.75 Å². The van der Waals surface area contributed by atoms with Crippen molar-refractivity contribution in [3.63, 3.8) is 0 Å². The van der Waals surface area contributed by atoms with E-state index in [9.17, 15) is 0 Å². The predicted molar refractivity (Wildman–Crippen MR) is 85.0 cm³/mol. The topological polar surface area (TPSA) is 59.1 Å². The number of methoxy groups -OCH3 is 1. The quantitative estimate of drug-likeness (QED) is 0.500. The fourth-order valence-electron chi connectivity index (χ4n) is 1.78. The lowest BCUT2D eigenvalue weighted by Crippen LogP contribution is -2.11. The minimum atomic E-state index is 0.0571. The smallest absolute Gasteiger partial charge is 0.122 e. The Morgan fingerprint density at radius 3 is 2.75 bits per heavy atom. The second-order valence-corrected chi connectivity index (χ2v) is 5.67. The highest BCUT2D eigenvalue weighted by Crippen LogP contribution is 2.29. The van der Waals surface area contributed by atoms with Crippen molar-refractivity contribution in [2.24, 2.45) is 5.73 Å². The Kier molecular flexibility index (Phi) is 4.93. The van der Waals surface area contributed by atoms with Crippen molar-refractivity contribution in [2.45, 2.75) is 10.6 Å². The van der Waals surface area contributed by atoms with Crippen LogP contribution in [-0.2, 0) is 5.75 Å². The van der Waals surface area contributed by atoms with Crippen LogP contribution in [0.1, 0.15) is 11.1 Å². The lowest BCUT2D eigenvalue weighted by Gasteiger charge is -2.10. The molecule has 0 heterocycles. The van der Waals surface area contributed by atoms with Crippen LogP contribution < -0.4 is 10.5 Å². The Hall–Kier alpha value is -1.65. The Labute approximate surface area is 127 Å². The zero-order valence-corrected chi connectivity index (χ0v) is 12.6. The molecule has 104 valence electrons. The van der Waals surface area contributed by atoms with Crippen LogP contribution in [0.3, 0.4) is 0 Å². The Bertz CT molecular complexity index is 631. The van der Waals surface area contributed by atoms with Crippen molar-refractivity contribution in [1.82, 2.24) is 0 Å². The van der Waals surface area contributed by atoms with E-state index in [-0.39, 0.29) is 5.84 Å². The third-order valence-corrected chi connectivity index (χ3v) is 4.06. The van der Waals surface area contributed by atoms with Gasteiger partial charge in [0.15, 0.2) is 0 Å². The van der Waals surface area contributed by atoms with Crippen molar-refractivity contribution in [3.05, 3.63) is 58.6 Å². The molecule has 0 unspecified atom stereocenters. The molecule has 0 bridgehead atoms. The maximum atomic E-state index is 7.50. The molecule has 0 amide bonds. The van der Waals surface area contributed by atoms with E-state index in [1.54, 1.807) is 24.9 Å². The zero-order chi connectivity index (χ0) is 14.5. The van der Waals surface area contributed by atoms with Gasteiger partial charge in [-0.2, -0.15) is 0 Å². The standard InChI is InChI=1S/C15H15ClN2OS/c1-19-14-6-5-10(15(17)18)7-11(14)9-20-13-4-2-3-12(16)8-13/h2-8H,9H2,1H3,(H3,17,18). The molecule has 0 radical (unpaired) electrons. The van der Waals surface area contributed by atoms with E-state index in [1.165, 1.54) is 0 Å². The molecule has 0 saturated heterocycles. The molecule has 0 fully saturated rings. The summed E-state index contributed by atoms with van der Waals surface area (Å²) in [6, 6.07) is 13.2. The number of nitrogens with one attached hydrogen (secondary N) is 1. The minimum Gasteiger partial charge on any atom is -0.496 e. The first-order valence-corrected chi connectivity index (χ1v) is 7.36. The summed E-state index contributed by atoms with van der Waals surface area (Å²) in [6.07, 6.45) is 0. The summed E-state index contributed by atoms with van der Waals surface area (Å²) in [7, 11) is 1.64. The van der Waals surface area contributed by atoms with Crippen molar-refractivity contribution >= 4 is 29.2 Å². The lowest BCUT2D eigenvalue weighted by molar-refractivity contribution is 0.411. The minimum absolute atomic E-state index is 0.0571. The van der Waals surface area contributed by atoms with E-state index in [0.717, 1.165) is 27.0 Å². The van der Waals surface area contributed by atoms with Gasteiger partial charge in [0.2, 0.25) is 0 Å². The highest BCUT2D eigenvalue weighted by Gasteiger charge is 2.07. The van der Waals surface area contributed by atoms with E-state index in [1.807, 2.05) is 36.4 Å². The predicted octanol–water partition coefficient (Wildman–Crippen LogP) is 3.92. The number of ether oxygens (including phenoxy) is 1. The molecule has 3 N–H and O–H groups in total. The number of halogens is 1. The molecule has 2 aromatic carbocycles. The third-order valence-electron chi connectivity index (χ3n) is 2.78. The van der Waals surface area contributed by atoms with Gasteiger partial charge in [0.25, 0.3) is 0 Å². The van der Waals surface area contributed by atoms with Gasteiger partial charge in [-0.15, -0.1) is 11.8 Å². The Morgan fingerprint density at radius 1 is 1.30 bits per heavy atom. The van der Waals surface area contributed by atoms with Gasteiger partial charge < -0.3 is 10.5 Å². The molecule has 5 heteroatoms. The number of benzene rings is 2. The Balaban J connectivity index is 2.19. The van der Waals surface area contributed by atoms with Gasteiger partial charge in [0.1, 0.15) is 11.6 Å². The average molecular weight is 307 g/mol. The molecular formula is C15H15ClN2OS. The first-order chi connectivity index (χ1) is 9.60. The summed E-state index contributed by atoms with van der Waals surface area (Å²) in [4.78, 5) is 1.09. The number of nitrogen functional groups attached to an aromatic ring is 1. The summed E-state index contributed by atoms with van der Waals surface area (Å²) >= 11 is 7.63. The molecule has 2 aromatic rings. The van der Waals surface area contributed by atoms with Crippen molar-refractivity contribution in [3.8, 4) is 5.75 Å². The van der Waals surface area contributed by atoms with Crippen LogP contribution >= 0.6 is 23.4 Å². The number of hydrogen-bond acceptors (Lipinski definition) is 3. The largest absolute Gasteiger partial charge is 0.496 e. The van der Waals surface area contributed by atoms with Gasteiger partial charge >= 0.3 is 0 Å². The maximum Gasteiger partial charge on any atom is 0.122 e. The van der Waals surface area contributed by atoms with Gasteiger partial charge in [0.05, 0.1) is 7.11 Å². The van der Waals surface area contributed by atoms with E-state index >= 15 is 0 Å². The van der Waals surface area contributed by atoms with E-state index in [0.29, 0.717) is 5.56 Å². The van der Waals surface area contributed by atoms with Crippen LogP contribution in [0.15, 0.2) is 47.4 Å². The first-order valence-electron chi connectivity index (χ1n) is 6.00. The number of nitrogens with two attached hydrogens (primary N) is 1. The molecule has 0 atom stereocenters. The van der Waals surface area contributed by atoms with Gasteiger partial charge in [-0.1, -0.05) is 17.7 Å². The number of amidine groups is 1. The van der Waals surface area contributed by atoms with E-state index in [4.69, 9.17) is 27.5 Å². The molecule has 0 aromatic heterocycles. The summed E-state index contributed by atoms with van der Waals surface area (Å²) in [5, 5.41) is 8.22. The highest BCUT2D eigenvalue weighted by molar-refractivity contribution is 7.98. The summed E-state index contributed by atoms with van der Waals surface area (Å²) < 4.78 is 5.34. The van der Waals surface area contributed by atoms with Crippen molar-refractivity contribution in [1.29, 1.82) is 5.41 Å². The molecule has 0 aliphatic rings. The van der Waals surface area contributed by atoms with Gasteiger partial charge in [-0.25, -0.2) is 0 Å². The molecule has 0 aliphatic carbocycles. The molecule has 0 aliphatic heterocycles. The second-order valence-electron chi connectivity index (χ2n) is 4.19. The van der Waals surface area contributed by atoms with E-state index in [2.05, 4.69) is 0 Å².